The average molecular weight is 616 g/mol. The van der Waals surface area contributed by atoms with Crippen molar-refractivity contribution in [3.8, 4) is 0 Å². The molecule has 0 saturated carbocycles. The van der Waals surface area contributed by atoms with Gasteiger partial charge in [-0.3, -0.25) is 14.3 Å². The predicted molar refractivity (Wildman–Crippen MR) is 170 cm³/mol. The second-order valence-corrected chi connectivity index (χ2v) is 13.2. The molecule has 3 amide bonds. The minimum atomic E-state index is -0.733. The van der Waals surface area contributed by atoms with E-state index in [0.717, 1.165) is 16.8 Å². The van der Waals surface area contributed by atoms with Crippen molar-refractivity contribution in [2.24, 2.45) is 11.3 Å². The third kappa shape index (κ3) is 7.53. The van der Waals surface area contributed by atoms with Crippen molar-refractivity contribution in [1.29, 1.82) is 0 Å². The van der Waals surface area contributed by atoms with E-state index in [9.17, 15) is 14.4 Å². The van der Waals surface area contributed by atoms with E-state index in [1.165, 1.54) is 0 Å². The summed E-state index contributed by atoms with van der Waals surface area (Å²) in [5.41, 5.74) is 2.38. The van der Waals surface area contributed by atoms with Crippen LogP contribution in [0.4, 0.5) is 4.79 Å². The first-order valence-corrected chi connectivity index (χ1v) is 15.7. The van der Waals surface area contributed by atoms with Crippen molar-refractivity contribution >= 4 is 17.9 Å². The van der Waals surface area contributed by atoms with Crippen LogP contribution in [0.5, 0.6) is 0 Å². The quantitative estimate of drug-likeness (QED) is 0.359. The van der Waals surface area contributed by atoms with Crippen molar-refractivity contribution in [2.75, 3.05) is 20.1 Å². The molecule has 2 fully saturated rings. The Kier molecular flexibility index (Phi) is 9.86. The first-order chi connectivity index (χ1) is 21.5. The van der Waals surface area contributed by atoms with Gasteiger partial charge in [-0.15, -0.1) is 5.10 Å². The first-order valence-electron chi connectivity index (χ1n) is 15.7. The number of hydrogen-bond donors (Lipinski definition) is 2. The minimum absolute atomic E-state index is 0.107. The van der Waals surface area contributed by atoms with Gasteiger partial charge in [0.25, 0.3) is 0 Å². The van der Waals surface area contributed by atoms with E-state index in [4.69, 9.17) is 4.74 Å². The SMILES string of the molecule is CN[C@@H](C)C(=O)N[C@H](C(=O)N1CC[C@@H]2[C@H]1[C@@H](Cn1cc(Cc3ccccc3)nn1)CN2C(=O)OCc1ccccc1)C(C)(C)C. The molecule has 11 nitrogen and oxygen atoms in total. The van der Waals surface area contributed by atoms with Gasteiger partial charge in [-0.1, -0.05) is 86.6 Å². The molecule has 2 N–H and O–H groups in total. The van der Waals surface area contributed by atoms with E-state index in [0.29, 0.717) is 32.5 Å². The summed E-state index contributed by atoms with van der Waals surface area (Å²) in [5, 5.41) is 14.8. The molecule has 2 aliphatic heterocycles. The average Bonchev–Trinajstić information content (AvgIpc) is 3.75. The zero-order valence-electron chi connectivity index (χ0n) is 26.8. The number of aromatic nitrogens is 3. The summed E-state index contributed by atoms with van der Waals surface area (Å²) in [6.45, 7) is 9.19. The topological polar surface area (TPSA) is 122 Å². The molecular weight excluding hydrogens is 570 g/mol. The second-order valence-electron chi connectivity index (χ2n) is 13.2. The molecule has 5 atom stereocenters. The lowest BCUT2D eigenvalue weighted by Gasteiger charge is -2.37. The van der Waals surface area contributed by atoms with Crippen LogP contribution in [0.2, 0.25) is 0 Å². The van der Waals surface area contributed by atoms with Crippen LogP contribution in [0.15, 0.2) is 66.9 Å². The number of nitrogens with one attached hydrogen (secondary N) is 2. The Balaban J connectivity index is 1.37. The van der Waals surface area contributed by atoms with Crippen molar-refractivity contribution in [3.05, 3.63) is 83.7 Å². The van der Waals surface area contributed by atoms with Crippen LogP contribution in [0, 0.1) is 11.3 Å². The third-order valence-corrected chi connectivity index (χ3v) is 8.92. The summed E-state index contributed by atoms with van der Waals surface area (Å²) in [6.07, 6.45) is 2.84. The number of amides is 3. The van der Waals surface area contributed by atoms with Gasteiger partial charge in [0.05, 0.1) is 23.8 Å². The summed E-state index contributed by atoms with van der Waals surface area (Å²) in [7, 11) is 1.72. The predicted octanol–water partition coefficient (Wildman–Crippen LogP) is 3.25. The second kappa shape index (κ2) is 13.8. The van der Waals surface area contributed by atoms with Crippen molar-refractivity contribution in [3.63, 3.8) is 0 Å². The molecule has 3 aromatic rings. The Morgan fingerprint density at radius 1 is 1.00 bits per heavy atom. The number of likely N-dealkylation sites (tertiary alicyclic amines) is 2. The van der Waals surface area contributed by atoms with Gasteiger partial charge >= 0.3 is 6.09 Å². The summed E-state index contributed by atoms with van der Waals surface area (Å²) in [4.78, 5) is 44.4. The van der Waals surface area contributed by atoms with Gasteiger partial charge in [-0.2, -0.15) is 0 Å². The van der Waals surface area contributed by atoms with E-state index in [-0.39, 0.29) is 36.4 Å². The molecule has 0 bridgehead atoms. The van der Waals surface area contributed by atoms with Gasteiger partial charge in [-0.05, 0) is 36.9 Å². The lowest BCUT2D eigenvalue weighted by molar-refractivity contribution is -0.141. The Hall–Kier alpha value is -4.25. The molecule has 5 rings (SSSR count). The molecule has 45 heavy (non-hydrogen) atoms. The Labute approximate surface area is 265 Å². The number of rotatable bonds is 10. The number of ether oxygens (including phenoxy) is 1. The molecule has 2 saturated heterocycles. The summed E-state index contributed by atoms with van der Waals surface area (Å²) in [6, 6.07) is 18.1. The monoisotopic (exact) mass is 615 g/mol. The van der Waals surface area contributed by atoms with E-state index in [1.807, 2.05) is 85.1 Å². The fourth-order valence-electron chi connectivity index (χ4n) is 6.41. The van der Waals surface area contributed by atoms with Gasteiger partial charge in [0.2, 0.25) is 11.8 Å². The molecule has 0 spiro atoms. The third-order valence-electron chi connectivity index (χ3n) is 8.92. The highest BCUT2D eigenvalue weighted by molar-refractivity contribution is 5.90. The fraction of sp³-hybridized carbons (Fsp3) is 0.500. The lowest BCUT2D eigenvalue weighted by atomic mass is 9.85. The smallest absolute Gasteiger partial charge is 0.410 e. The highest BCUT2D eigenvalue weighted by Gasteiger charge is 2.54. The van der Waals surface area contributed by atoms with Crippen LogP contribution in [0.3, 0.4) is 0 Å². The molecule has 0 aliphatic carbocycles. The molecule has 3 heterocycles. The van der Waals surface area contributed by atoms with Crippen LogP contribution in [-0.4, -0.2) is 87.0 Å². The number of nitrogens with zero attached hydrogens (tertiary/aromatic N) is 5. The molecule has 2 aliphatic rings. The Bertz CT molecular complexity index is 1460. The van der Waals surface area contributed by atoms with Crippen LogP contribution < -0.4 is 10.6 Å². The van der Waals surface area contributed by atoms with E-state index in [1.54, 1.807) is 18.9 Å². The molecular formula is C34H45N7O4. The van der Waals surface area contributed by atoms with Crippen LogP contribution >= 0.6 is 0 Å². The summed E-state index contributed by atoms with van der Waals surface area (Å²) < 4.78 is 7.58. The molecule has 2 aromatic carbocycles. The molecule has 240 valence electrons. The number of benzene rings is 2. The van der Waals surface area contributed by atoms with Crippen molar-refractivity contribution in [1.82, 2.24) is 35.4 Å². The summed E-state index contributed by atoms with van der Waals surface area (Å²) in [5.74, 6) is -0.478. The number of hydrogen-bond acceptors (Lipinski definition) is 7. The van der Waals surface area contributed by atoms with E-state index >= 15 is 0 Å². The van der Waals surface area contributed by atoms with Gasteiger partial charge < -0.3 is 25.2 Å². The number of fused-ring (bicyclic) bond motifs is 1. The van der Waals surface area contributed by atoms with Crippen molar-refractivity contribution in [2.45, 2.75) is 77.9 Å². The largest absolute Gasteiger partial charge is 0.445 e. The standard InChI is InChI=1S/C34H45N7O4/c1-23(35-5)31(42)36-30(34(2,3)4)32(43)40-17-16-28-29(40)26(20-41(28)33(44)45-22-25-14-10-7-11-15-25)19-39-21-27(37-38-39)18-24-12-8-6-9-13-24/h6-15,21,23,26,28-30,35H,16-20,22H2,1-5H3,(H,36,42)/t23-,26-,28+,29+,30+/m0/s1. The zero-order valence-corrected chi connectivity index (χ0v) is 26.8. The Morgan fingerprint density at radius 2 is 1.67 bits per heavy atom. The van der Waals surface area contributed by atoms with Gasteiger partial charge in [0.15, 0.2) is 0 Å². The van der Waals surface area contributed by atoms with Gasteiger partial charge in [0, 0.05) is 38.2 Å². The lowest BCUT2D eigenvalue weighted by Crippen LogP contribution is -2.59. The minimum Gasteiger partial charge on any atom is -0.445 e. The maximum absolute atomic E-state index is 14.3. The highest BCUT2D eigenvalue weighted by Crippen LogP contribution is 2.38. The maximum atomic E-state index is 14.3. The zero-order chi connectivity index (χ0) is 32.1. The molecule has 0 unspecified atom stereocenters. The fourth-order valence-corrected chi connectivity index (χ4v) is 6.41. The number of carbonyl (C=O) groups is 3. The van der Waals surface area contributed by atoms with E-state index < -0.39 is 23.6 Å². The molecule has 11 heteroatoms. The van der Waals surface area contributed by atoms with Crippen LogP contribution in [0.25, 0.3) is 0 Å². The maximum Gasteiger partial charge on any atom is 0.410 e. The normalized spacial score (nSPS) is 20.9. The first kappa shape index (κ1) is 32.2. The number of likely N-dealkylation sites (N-methyl/N-ethyl adjacent to an activating group) is 1. The summed E-state index contributed by atoms with van der Waals surface area (Å²) >= 11 is 0. The van der Waals surface area contributed by atoms with Crippen LogP contribution in [-0.2, 0) is 33.9 Å². The van der Waals surface area contributed by atoms with Gasteiger partial charge in [0.1, 0.15) is 12.6 Å². The highest BCUT2D eigenvalue weighted by atomic mass is 16.6. The van der Waals surface area contributed by atoms with Crippen molar-refractivity contribution < 1.29 is 19.1 Å². The number of carbonyl (C=O) groups excluding carboxylic acids is 3. The Morgan fingerprint density at radius 3 is 2.31 bits per heavy atom. The van der Waals surface area contributed by atoms with E-state index in [2.05, 4.69) is 33.1 Å². The molecule has 1 aromatic heterocycles. The van der Waals surface area contributed by atoms with Crippen LogP contribution in [0.1, 0.15) is 50.9 Å². The van der Waals surface area contributed by atoms with Gasteiger partial charge in [-0.25, -0.2) is 4.79 Å². The molecule has 0 radical (unpaired) electrons.